The molecule has 1 aliphatic rings. The number of rotatable bonds is 5. The number of carbonyl (C=O) groups is 2. The van der Waals surface area contributed by atoms with Crippen LogP contribution in [0.4, 0.5) is 0 Å². The Morgan fingerprint density at radius 3 is 2.54 bits per heavy atom. The van der Waals surface area contributed by atoms with Gasteiger partial charge in [0, 0.05) is 6.54 Å². The molecule has 2 aromatic carbocycles. The van der Waals surface area contributed by atoms with Gasteiger partial charge in [-0.15, -0.1) is 0 Å². The van der Waals surface area contributed by atoms with Crippen molar-refractivity contribution in [1.82, 2.24) is 4.90 Å². The van der Waals surface area contributed by atoms with Gasteiger partial charge in [-0.25, -0.2) is 4.79 Å². The number of hydrogen-bond acceptors (Lipinski definition) is 4. The molecule has 1 aliphatic heterocycles. The first kappa shape index (κ1) is 18.0. The fourth-order valence-electron chi connectivity index (χ4n) is 3.25. The maximum atomic E-state index is 13.0. The number of hydrogen-bond donors (Lipinski definition) is 0. The van der Waals surface area contributed by atoms with Crippen LogP contribution in [0.2, 0.25) is 0 Å². The summed E-state index contributed by atoms with van der Waals surface area (Å²) >= 11 is 0. The quantitative estimate of drug-likeness (QED) is 0.772. The SMILES string of the molecule is COc1ccccc1C(=O)N1CCCCC1COC(=O)c1ccccc1. The third kappa shape index (κ3) is 4.04. The molecule has 0 aliphatic carbocycles. The van der Waals surface area contributed by atoms with Crippen LogP contribution in [0.15, 0.2) is 54.6 Å². The molecule has 1 unspecified atom stereocenters. The molecule has 2 aromatic rings. The fourth-order valence-corrected chi connectivity index (χ4v) is 3.25. The molecule has 3 rings (SSSR count). The zero-order chi connectivity index (χ0) is 18.4. The van der Waals surface area contributed by atoms with Gasteiger partial charge in [-0.3, -0.25) is 4.79 Å². The van der Waals surface area contributed by atoms with Gasteiger partial charge in [-0.05, 0) is 43.5 Å². The maximum absolute atomic E-state index is 13.0. The molecule has 0 N–H and O–H groups in total. The highest BCUT2D eigenvalue weighted by atomic mass is 16.5. The van der Waals surface area contributed by atoms with Crippen LogP contribution < -0.4 is 4.74 Å². The minimum absolute atomic E-state index is 0.0806. The van der Waals surface area contributed by atoms with E-state index in [4.69, 9.17) is 9.47 Å². The maximum Gasteiger partial charge on any atom is 0.338 e. The highest BCUT2D eigenvalue weighted by molar-refractivity contribution is 5.97. The number of benzene rings is 2. The normalized spacial score (nSPS) is 16.8. The van der Waals surface area contributed by atoms with Gasteiger partial charge < -0.3 is 14.4 Å². The van der Waals surface area contributed by atoms with E-state index < -0.39 is 0 Å². The van der Waals surface area contributed by atoms with E-state index in [9.17, 15) is 9.59 Å². The third-order valence-electron chi connectivity index (χ3n) is 4.64. The third-order valence-corrected chi connectivity index (χ3v) is 4.64. The molecule has 1 saturated heterocycles. The Balaban J connectivity index is 1.70. The summed E-state index contributed by atoms with van der Waals surface area (Å²) in [5.41, 5.74) is 1.06. The summed E-state index contributed by atoms with van der Waals surface area (Å²) in [6.45, 7) is 0.860. The monoisotopic (exact) mass is 353 g/mol. The van der Waals surface area contributed by atoms with Gasteiger partial charge >= 0.3 is 5.97 Å². The van der Waals surface area contributed by atoms with E-state index in [0.29, 0.717) is 23.4 Å². The molecule has 0 bridgehead atoms. The number of esters is 1. The smallest absolute Gasteiger partial charge is 0.338 e. The number of methoxy groups -OCH3 is 1. The first-order chi connectivity index (χ1) is 12.7. The Kier molecular flexibility index (Phi) is 5.89. The summed E-state index contributed by atoms with van der Waals surface area (Å²) in [5.74, 6) is 0.117. The predicted octanol–water partition coefficient (Wildman–Crippen LogP) is 3.55. The molecule has 0 aromatic heterocycles. The lowest BCUT2D eigenvalue weighted by molar-refractivity contribution is 0.0250. The number of amides is 1. The zero-order valence-electron chi connectivity index (χ0n) is 14.9. The minimum Gasteiger partial charge on any atom is -0.496 e. The largest absolute Gasteiger partial charge is 0.496 e. The Labute approximate surface area is 153 Å². The van der Waals surface area contributed by atoms with Crippen LogP contribution >= 0.6 is 0 Å². The second-order valence-electron chi connectivity index (χ2n) is 6.31. The van der Waals surface area contributed by atoms with E-state index in [1.807, 2.05) is 18.2 Å². The summed E-state index contributed by atoms with van der Waals surface area (Å²) in [4.78, 5) is 27.0. The van der Waals surface area contributed by atoms with Gasteiger partial charge in [0.05, 0.1) is 24.3 Å². The summed E-state index contributed by atoms with van der Waals surface area (Å²) < 4.78 is 10.8. The molecule has 5 nitrogen and oxygen atoms in total. The molecule has 0 spiro atoms. The Hall–Kier alpha value is -2.82. The second-order valence-corrected chi connectivity index (χ2v) is 6.31. The Bertz CT molecular complexity index is 760. The Morgan fingerprint density at radius 1 is 1.04 bits per heavy atom. The molecule has 0 saturated carbocycles. The summed E-state index contributed by atoms with van der Waals surface area (Å²) in [6, 6.07) is 16.0. The molecule has 136 valence electrons. The number of nitrogens with zero attached hydrogens (tertiary/aromatic N) is 1. The molecule has 1 amide bonds. The second kappa shape index (κ2) is 8.52. The highest BCUT2D eigenvalue weighted by Crippen LogP contribution is 2.25. The van der Waals surface area contributed by atoms with Crippen molar-refractivity contribution < 1.29 is 19.1 Å². The van der Waals surface area contributed by atoms with E-state index >= 15 is 0 Å². The van der Waals surface area contributed by atoms with Crippen molar-refractivity contribution in [1.29, 1.82) is 0 Å². The lowest BCUT2D eigenvalue weighted by Gasteiger charge is -2.35. The van der Waals surface area contributed by atoms with E-state index in [1.54, 1.807) is 48.4 Å². The number of piperidine rings is 1. The first-order valence-corrected chi connectivity index (χ1v) is 8.87. The number of carbonyl (C=O) groups excluding carboxylic acids is 2. The van der Waals surface area contributed by atoms with E-state index in [-0.39, 0.29) is 24.5 Å². The van der Waals surface area contributed by atoms with Gasteiger partial charge in [0.1, 0.15) is 12.4 Å². The topological polar surface area (TPSA) is 55.8 Å². The molecule has 1 fully saturated rings. The molecule has 1 heterocycles. The van der Waals surface area contributed by atoms with Gasteiger partial charge in [-0.1, -0.05) is 30.3 Å². The zero-order valence-corrected chi connectivity index (χ0v) is 14.9. The van der Waals surface area contributed by atoms with Crippen molar-refractivity contribution in [2.24, 2.45) is 0 Å². The Morgan fingerprint density at radius 2 is 1.77 bits per heavy atom. The lowest BCUT2D eigenvalue weighted by atomic mass is 10.0. The van der Waals surface area contributed by atoms with Gasteiger partial charge in [0.15, 0.2) is 0 Å². The van der Waals surface area contributed by atoms with Crippen LogP contribution in [-0.2, 0) is 4.74 Å². The summed E-state index contributed by atoms with van der Waals surface area (Å²) in [5, 5.41) is 0. The van der Waals surface area contributed by atoms with Crippen LogP contribution in [0.25, 0.3) is 0 Å². The molecule has 5 heteroatoms. The van der Waals surface area contributed by atoms with E-state index in [2.05, 4.69) is 0 Å². The van der Waals surface area contributed by atoms with Crippen LogP contribution in [0.1, 0.15) is 40.0 Å². The minimum atomic E-state index is -0.360. The van der Waals surface area contributed by atoms with Crippen molar-refractivity contribution >= 4 is 11.9 Å². The van der Waals surface area contributed by atoms with Gasteiger partial charge in [0.25, 0.3) is 5.91 Å². The molecular weight excluding hydrogens is 330 g/mol. The molecule has 0 radical (unpaired) electrons. The number of likely N-dealkylation sites (tertiary alicyclic amines) is 1. The van der Waals surface area contributed by atoms with Gasteiger partial charge in [0.2, 0.25) is 0 Å². The van der Waals surface area contributed by atoms with Crippen LogP contribution in [0.5, 0.6) is 5.75 Å². The van der Waals surface area contributed by atoms with Crippen molar-refractivity contribution in [3.63, 3.8) is 0 Å². The molecular formula is C21H23NO4. The first-order valence-electron chi connectivity index (χ1n) is 8.87. The lowest BCUT2D eigenvalue weighted by Crippen LogP contribution is -2.46. The summed E-state index contributed by atoms with van der Waals surface area (Å²) in [6.07, 6.45) is 2.79. The number of para-hydroxylation sites is 1. The summed E-state index contributed by atoms with van der Waals surface area (Å²) in [7, 11) is 1.56. The van der Waals surface area contributed by atoms with E-state index in [0.717, 1.165) is 19.3 Å². The van der Waals surface area contributed by atoms with Crippen molar-refractivity contribution in [2.75, 3.05) is 20.3 Å². The van der Waals surface area contributed by atoms with Crippen molar-refractivity contribution in [3.05, 3.63) is 65.7 Å². The average Bonchev–Trinajstić information content (AvgIpc) is 2.72. The average molecular weight is 353 g/mol. The van der Waals surface area contributed by atoms with Crippen LogP contribution in [-0.4, -0.2) is 43.1 Å². The van der Waals surface area contributed by atoms with Crippen molar-refractivity contribution in [2.45, 2.75) is 25.3 Å². The van der Waals surface area contributed by atoms with Crippen LogP contribution in [0, 0.1) is 0 Å². The number of ether oxygens (including phenoxy) is 2. The van der Waals surface area contributed by atoms with Crippen LogP contribution in [0.3, 0.4) is 0 Å². The highest BCUT2D eigenvalue weighted by Gasteiger charge is 2.30. The predicted molar refractivity (Wildman–Crippen MR) is 98.4 cm³/mol. The molecule has 1 atom stereocenters. The van der Waals surface area contributed by atoms with E-state index in [1.165, 1.54) is 0 Å². The fraction of sp³-hybridized carbons (Fsp3) is 0.333. The van der Waals surface area contributed by atoms with Gasteiger partial charge in [-0.2, -0.15) is 0 Å². The standard InChI is InChI=1S/C21H23NO4/c1-25-19-13-6-5-12-18(19)20(23)22-14-8-7-11-17(22)15-26-21(24)16-9-3-2-4-10-16/h2-6,9-10,12-13,17H,7-8,11,14-15H2,1H3. The molecule has 26 heavy (non-hydrogen) atoms. The van der Waals surface area contributed by atoms with Crippen molar-refractivity contribution in [3.8, 4) is 5.75 Å².